The number of aliphatic carboxylic acids is 1. The molecule has 3 rings (SSSR count). The molecular weight excluding hydrogens is 406 g/mol. The molecule has 32 heavy (non-hydrogen) atoms. The van der Waals surface area contributed by atoms with Crippen LogP contribution in [-0.4, -0.2) is 82.6 Å². The van der Waals surface area contributed by atoms with Gasteiger partial charge in [0.25, 0.3) is 5.91 Å². The lowest BCUT2D eigenvalue weighted by atomic mass is 9.93. The lowest BCUT2D eigenvalue weighted by molar-refractivity contribution is -0.137. The number of likely N-dealkylation sites (N-methyl/N-ethyl adjacent to an activating group) is 1. The van der Waals surface area contributed by atoms with Gasteiger partial charge >= 0.3 is 5.97 Å². The van der Waals surface area contributed by atoms with E-state index >= 15 is 0 Å². The second kappa shape index (κ2) is 10.4. The first-order chi connectivity index (χ1) is 15.3. The Morgan fingerprint density at radius 1 is 1.19 bits per heavy atom. The predicted molar refractivity (Wildman–Crippen MR) is 124 cm³/mol. The number of nitrogens with zero attached hydrogens (tertiary/aromatic N) is 3. The summed E-state index contributed by atoms with van der Waals surface area (Å²) in [5.74, 6) is -1.20. The SMILES string of the molecule is C=CCN1CCN(C(c2cccc(O)c2)c2cccc(C(=O)N(C)CC(=O)O)c2)C(C)C1. The van der Waals surface area contributed by atoms with Crippen molar-refractivity contribution in [2.45, 2.75) is 19.0 Å². The Hall–Kier alpha value is -3.16. The van der Waals surface area contributed by atoms with Gasteiger partial charge in [0.2, 0.25) is 0 Å². The Labute approximate surface area is 189 Å². The van der Waals surface area contributed by atoms with Crippen LogP contribution in [0, 0.1) is 0 Å². The summed E-state index contributed by atoms with van der Waals surface area (Å²) in [7, 11) is 1.48. The average molecular weight is 438 g/mol. The number of piperazine rings is 1. The van der Waals surface area contributed by atoms with Crippen LogP contribution in [0.25, 0.3) is 0 Å². The Morgan fingerprint density at radius 3 is 2.50 bits per heavy atom. The number of amides is 1. The van der Waals surface area contributed by atoms with Crippen LogP contribution in [0.15, 0.2) is 61.2 Å². The van der Waals surface area contributed by atoms with Crippen LogP contribution < -0.4 is 0 Å². The van der Waals surface area contributed by atoms with Crippen molar-refractivity contribution in [3.63, 3.8) is 0 Å². The van der Waals surface area contributed by atoms with Crippen molar-refractivity contribution >= 4 is 11.9 Å². The number of hydrogen-bond acceptors (Lipinski definition) is 5. The molecule has 1 fully saturated rings. The smallest absolute Gasteiger partial charge is 0.323 e. The minimum atomic E-state index is -1.05. The molecule has 0 radical (unpaired) electrons. The fraction of sp³-hybridized carbons (Fsp3) is 0.360. The second-order valence-electron chi connectivity index (χ2n) is 8.31. The van der Waals surface area contributed by atoms with E-state index < -0.39 is 5.97 Å². The molecule has 0 saturated carbocycles. The Balaban J connectivity index is 1.97. The van der Waals surface area contributed by atoms with Gasteiger partial charge in [-0.25, -0.2) is 0 Å². The first-order valence-electron chi connectivity index (χ1n) is 10.7. The van der Waals surface area contributed by atoms with E-state index in [1.54, 1.807) is 18.2 Å². The molecule has 1 aliphatic heterocycles. The van der Waals surface area contributed by atoms with Crippen LogP contribution in [0.5, 0.6) is 5.75 Å². The van der Waals surface area contributed by atoms with Gasteiger partial charge in [0.1, 0.15) is 12.3 Å². The van der Waals surface area contributed by atoms with Gasteiger partial charge in [0.05, 0.1) is 6.04 Å². The maximum Gasteiger partial charge on any atom is 0.323 e. The van der Waals surface area contributed by atoms with Gasteiger partial charge in [-0.1, -0.05) is 30.3 Å². The van der Waals surface area contributed by atoms with Gasteiger partial charge in [-0.2, -0.15) is 0 Å². The van der Waals surface area contributed by atoms with E-state index in [-0.39, 0.29) is 30.3 Å². The number of phenolic OH excluding ortho intramolecular Hbond substituents is 1. The van der Waals surface area contributed by atoms with Crippen LogP contribution in [0.4, 0.5) is 0 Å². The molecule has 1 aliphatic rings. The number of phenols is 1. The molecule has 0 spiro atoms. The van der Waals surface area contributed by atoms with E-state index in [0.29, 0.717) is 5.56 Å². The largest absolute Gasteiger partial charge is 0.508 e. The number of carboxylic acids is 1. The van der Waals surface area contributed by atoms with E-state index in [9.17, 15) is 14.7 Å². The molecule has 2 aromatic carbocycles. The molecular formula is C25H31N3O4. The maximum absolute atomic E-state index is 12.8. The molecule has 0 bridgehead atoms. The number of aromatic hydroxyl groups is 1. The number of rotatable bonds is 8. The summed E-state index contributed by atoms with van der Waals surface area (Å²) < 4.78 is 0. The van der Waals surface area contributed by atoms with Gasteiger partial charge in [-0.3, -0.25) is 19.4 Å². The third kappa shape index (κ3) is 5.55. The van der Waals surface area contributed by atoms with Crippen molar-refractivity contribution in [3.05, 3.63) is 77.9 Å². The van der Waals surface area contributed by atoms with Crippen LogP contribution in [0.3, 0.4) is 0 Å². The zero-order valence-corrected chi connectivity index (χ0v) is 18.6. The van der Waals surface area contributed by atoms with E-state index in [1.807, 2.05) is 36.4 Å². The maximum atomic E-state index is 12.8. The summed E-state index contributed by atoms with van der Waals surface area (Å²) in [6.07, 6.45) is 1.91. The highest BCUT2D eigenvalue weighted by atomic mass is 16.4. The second-order valence-corrected chi connectivity index (χ2v) is 8.31. The quantitative estimate of drug-likeness (QED) is 0.618. The fourth-order valence-corrected chi connectivity index (χ4v) is 4.39. The van der Waals surface area contributed by atoms with Crippen LogP contribution in [0.1, 0.15) is 34.5 Å². The van der Waals surface area contributed by atoms with Crippen molar-refractivity contribution in [1.29, 1.82) is 0 Å². The highest BCUT2D eigenvalue weighted by molar-refractivity contribution is 5.95. The van der Waals surface area contributed by atoms with E-state index in [1.165, 1.54) is 11.9 Å². The zero-order valence-electron chi connectivity index (χ0n) is 18.6. The number of carbonyl (C=O) groups is 2. The van der Waals surface area contributed by atoms with Crippen molar-refractivity contribution in [1.82, 2.24) is 14.7 Å². The predicted octanol–water partition coefficient (Wildman–Crippen LogP) is 2.83. The first kappa shape index (κ1) is 23.5. The Kier molecular flexibility index (Phi) is 7.66. The summed E-state index contributed by atoms with van der Waals surface area (Å²) in [6.45, 7) is 9.12. The van der Waals surface area contributed by atoms with Crippen molar-refractivity contribution < 1.29 is 19.8 Å². The van der Waals surface area contributed by atoms with Gasteiger partial charge < -0.3 is 15.1 Å². The standard InChI is InChI=1S/C25H31N3O4/c1-4-11-27-12-13-28(18(2)16-27)24(20-8-6-10-22(29)15-20)19-7-5-9-21(14-19)25(32)26(3)17-23(30)31/h4-10,14-15,18,24,29H,1,11-13,16-17H2,2-3H3,(H,30,31). The van der Waals surface area contributed by atoms with Gasteiger partial charge in [0, 0.05) is 44.8 Å². The van der Waals surface area contributed by atoms with Crippen molar-refractivity contribution in [2.24, 2.45) is 0 Å². The molecule has 1 heterocycles. The Bertz CT molecular complexity index is 977. The van der Waals surface area contributed by atoms with Crippen LogP contribution in [0.2, 0.25) is 0 Å². The molecule has 2 atom stereocenters. The summed E-state index contributed by atoms with van der Waals surface area (Å²) in [5, 5.41) is 19.2. The topological polar surface area (TPSA) is 84.3 Å². The first-order valence-corrected chi connectivity index (χ1v) is 10.7. The minimum Gasteiger partial charge on any atom is -0.508 e. The molecule has 7 heteroatoms. The van der Waals surface area contributed by atoms with Crippen LogP contribution >= 0.6 is 0 Å². The highest BCUT2D eigenvalue weighted by Crippen LogP contribution is 2.34. The van der Waals surface area contributed by atoms with E-state index in [0.717, 1.165) is 37.3 Å². The van der Waals surface area contributed by atoms with Crippen molar-refractivity contribution in [3.8, 4) is 5.75 Å². The van der Waals surface area contributed by atoms with Gasteiger partial charge in [0.15, 0.2) is 0 Å². The average Bonchev–Trinajstić information content (AvgIpc) is 2.75. The minimum absolute atomic E-state index is 0.152. The zero-order chi connectivity index (χ0) is 23.3. The molecule has 0 aliphatic carbocycles. The normalized spacial score (nSPS) is 18.1. The monoisotopic (exact) mass is 437 g/mol. The molecule has 170 valence electrons. The fourth-order valence-electron chi connectivity index (χ4n) is 4.39. The summed E-state index contributed by atoms with van der Waals surface area (Å²) in [6, 6.07) is 14.6. The van der Waals surface area contributed by atoms with Crippen LogP contribution in [-0.2, 0) is 4.79 Å². The lowest BCUT2D eigenvalue weighted by Gasteiger charge is -2.44. The summed E-state index contributed by atoms with van der Waals surface area (Å²) >= 11 is 0. The van der Waals surface area contributed by atoms with E-state index in [4.69, 9.17) is 5.11 Å². The summed E-state index contributed by atoms with van der Waals surface area (Å²) in [5.41, 5.74) is 2.31. The third-order valence-corrected chi connectivity index (χ3v) is 5.84. The van der Waals surface area contributed by atoms with Gasteiger partial charge in [-0.15, -0.1) is 6.58 Å². The van der Waals surface area contributed by atoms with Crippen molar-refractivity contribution in [2.75, 3.05) is 39.8 Å². The molecule has 1 amide bonds. The highest BCUT2D eigenvalue weighted by Gasteiger charge is 2.31. The third-order valence-electron chi connectivity index (χ3n) is 5.84. The van der Waals surface area contributed by atoms with Gasteiger partial charge in [-0.05, 0) is 42.3 Å². The lowest BCUT2D eigenvalue weighted by Crippen LogP contribution is -2.53. The molecule has 2 unspecified atom stereocenters. The molecule has 7 nitrogen and oxygen atoms in total. The molecule has 0 aromatic heterocycles. The molecule has 2 N–H and O–H groups in total. The number of hydrogen-bond donors (Lipinski definition) is 2. The number of carbonyl (C=O) groups excluding carboxylic acids is 1. The molecule has 1 saturated heterocycles. The Morgan fingerprint density at radius 2 is 1.88 bits per heavy atom. The number of carboxylic acid groups (broad SMARTS) is 1. The van der Waals surface area contributed by atoms with E-state index in [2.05, 4.69) is 23.3 Å². The molecule has 2 aromatic rings. The summed E-state index contributed by atoms with van der Waals surface area (Å²) in [4.78, 5) is 29.8. The number of benzene rings is 2.